The summed E-state index contributed by atoms with van der Waals surface area (Å²) in [4.78, 5) is 23.9. The normalized spacial score (nSPS) is 11.9. The fraction of sp³-hybridized carbons (Fsp3) is 0.0667. The summed E-state index contributed by atoms with van der Waals surface area (Å²) in [6.07, 6.45) is 0. The number of hydrogen-bond donors (Lipinski definition) is 2. The summed E-state index contributed by atoms with van der Waals surface area (Å²) in [7, 11) is 0. The fourth-order valence-electron chi connectivity index (χ4n) is 1.94. The molecule has 0 saturated carbocycles. The van der Waals surface area contributed by atoms with Gasteiger partial charge in [0.05, 0.1) is 0 Å². The number of amides is 3. The molecule has 3 rings (SSSR count). The molecule has 0 unspecified atom stereocenters. The number of carbonyl (C=O) groups excluding carboxylic acids is 2. The fourth-order valence-corrected chi connectivity index (χ4v) is 2.48. The van der Waals surface area contributed by atoms with Gasteiger partial charge in [0.1, 0.15) is 0 Å². The molecule has 0 bridgehead atoms. The second-order valence-electron chi connectivity index (χ2n) is 4.49. The van der Waals surface area contributed by atoms with Crippen LogP contribution in [0, 0.1) is 3.57 Å². The smallest absolute Gasteiger partial charge is 0.326 e. The Morgan fingerprint density at radius 1 is 1.05 bits per heavy atom. The molecular formula is C15H11IN2O4. The van der Waals surface area contributed by atoms with E-state index in [1.165, 1.54) is 6.07 Å². The van der Waals surface area contributed by atoms with Gasteiger partial charge in [-0.2, -0.15) is 0 Å². The van der Waals surface area contributed by atoms with E-state index in [1.54, 1.807) is 24.3 Å². The van der Waals surface area contributed by atoms with E-state index in [-0.39, 0.29) is 6.79 Å². The summed E-state index contributed by atoms with van der Waals surface area (Å²) < 4.78 is 11.4. The first-order valence-electron chi connectivity index (χ1n) is 6.39. The highest BCUT2D eigenvalue weighted by molar-refractivity contribution is 14.1. The second-order valence-corrected chi connectivity index (χ2v) is 5.73. The maximum atomic E-state index is 12.0. The van der Waals surface area contributed by atoms with E-state index < -0.39 is 11.9 Å². The first-order valence-corrected chi connectivity index (χ1v) is 7.47. The van der Waals surface area contributed by atoms with Crippen molar-refractivity contribution in [1.82, 2.24) is 5.32 Å². The Morgan fingerprint density at radius 3 is 2.68 bits per heavy atom. The minimum atomic E-state index is -0.593. The summed E-state index contributed by atoms with van der Waals surface area (Å²) >= 11 is 2.14. The van der Waals surface area contributed by atoms with Crippen molar-refractivity contribution in [3.8, 4) is 11.5 Å². The summed E-state index contributed by atoms with van der Waals surface area (Å²) in [6, 6.07) is 11.4. The standard InChI is InChI=1S/C15H11IN2O4/c16-10-2-1-3-11(7-10)17-15(20)18-14(19)9-4-5-12-13(6-9)22-8-21-12/h1-7H,8H2,(H2,17,18,19,20). The lowest BCUT2D eigenvalue weighted by molar-refractivity contribution is 0.0966. The summed E-state index contributed by atoms with van der Waals surface area (Å²) in [6.45, 7) is 0.132. The quantitative estimate of drug-likeness (QED) is 0.747. The van der Waals surface area contributed by atoms with Gasteiger partial charge in [0.15, 0.2) is 11.5 Å². The van der Waals surface area contributed by atoms with Crippen LogP contribution in [0.4, 0.5) is 10.5 Å². The maximum Gasteiger partial charge on any atom is 0.326 e. The van der Waals surface area contributed by atoms with Crippen molar-refractivity contribution in [2.45, 2.75) is 0 Å². The van der Waals surface area contributed by atoms with Gasteiger partial charge in [-0.1, -0.05) is 6.07 Å². The van der Waals surface area contributed by atoms with Crippen LogP contribution in [0.3, 0.4) is 0 Å². The highest BCUT2D eigenvalue weighted by Crippen LogP contribution is 2.32. The van der Waals surface area contributed by atoms with Crippen LogP contribution < -0.4 is 20.1 Å². The number of halogens is 1. The lowest BCUT2D eigenvalue weighted by Crippen LogP contribution is -2.34. The molecule has 1 heterocycles. The lowest BCUT2D eigenvalue weighted by atomic mass is 10.2. The maximum absolute atomic E-state index is 12.0. The van der Waals surface area contributed by atoms with Gasteiger partial charge in [0, 0.05) is 14.8 Å². The van der Waals surface area contributed by atoms with Gasteiger partial charge in [0.2, 0.25) is 6.79 Å². The molecule has 112 valence electrons. The number of anilines is 1. The molecule has 0 aliphatic carbocycles. The van der Waals surface area contributed by atoms with Crippen molar-refractivity contribution in [3.05, 3.63) is 51.6 Å². The van der Waals surface area contributed by atoms with Crippen molar-refractivity contribution in [2.75, 3.05) is 12.1 Å². The predicted molar refractivity (Wildman–Crippen MR) is 88.2 cm³/mol. The number of benzene rings is 2. The number of fused-ring (bicyclic) bond motifs is 1. The van der Waals surface area contributed by atoms with Crippen LogP contribution in [-0.2, 0) is 0 Å². The number of imide groups is 1. The number of urea groups is 1. The molecule has 0 spiro atoms. The van der Waals surface area contributed by atoms with Crippen molar-refractivity contribution in [3.63, 3.8) is 0 Å². The van der Waals surface area contributed by atoms with Gasteiger partial charge in [-0.25, -0.2) is 4.79 Å². The first kappa shape index (κ1) is 14.6. The Hall–Kier alpha value is -2.29. The Bertz CT molecular complexity index is 748. The average molecular weight is 410 g/mol. The van der Waals surface area contributed by atoms with E-state index in [0.29, 0.717) is 22.7 Å². The van der Waals surface area contributed by atoms with Crippen molar-refractivity contribution >= 4 is 40.2 Å². The first-order chi connectivity index (χ1) is 10.6. The van der Waals surface area contributed by atoms with E-state index in [9.17, 15) is 9.59 Å². The van der Waals surface area contributed by atoms with Crippen LogP contribution in [0.1, 0.15) is 10.4 Å². The largest absolute Gasteiger partial charge is 0.454 e. The molecule has 6 nitrogen and oxygen atoms in total. The third kappa shape index (κ3) is 3.30. The third-order valence-electron chi connectivity index (χ3n) is 2.94. The van der Waals surface area contributed by atoms with Crippen LogP contribution in [0.25, 0.3) is 0 Å². The minimum Gasteiger partial charge on any atom is -0.454 e. The van der Waals surface area contributed by atoms with Crippen LogP contribution in [0.2, 0.25) is 0 Å². The topological polar surface area (TPSA) is 76.7 Å². The van der Waals surface area contributed by atoms with Gasteiger partial charge in [-0.3, -0.25) is 10.1 Å². The molecule has 0 radical (unpaired) electrons. The number of carbonyl (C=O) groups is 2. The van der Waals surface area contributed by atoms with E-state index >= 15 is 0 Å². The van der Waals surface area contributed by atoms with Gasteiger partial charge in [0.25, 0.3) is 5.91 Å². The SMILES string of the molecule is O=C(NC(=O)c1ccc2c(c1)OCO2)Nc1cccc(I)c1. The Morgan fingerprint density at radius 2 is 1.86 bits per heavy atom. The number of ether oxygens (including phenoxy) is 2. The molecule has 7 heteroatoms. The highest BCUT2D eigenvalue weighted by Gasteiger charge is 2.17. The monoisotopic (exact) mass is 410 g/mol. The number of nitrogens with one attached hydrogen (secondary N) is 2. The molecule has 1 aliphatic rings. The lowest BCUT2D eigenvalue weighted by Gasteiger charge is -2.07. The molecule has 0 fully saturated rings. The van der Waals surface area contributed by atoms with Crippen LogP contribution in [0.15, 0.2) is 42.5 Å². The summed E-state index contributed by atoms with van der Waals surface area (Å²) in [5, 5.41) is 4.87. The molecule has 0 saturated heterocycles. The van der Waals surface area contributed by atoms with Crippen LogP contribution >= 0.6 is 22.6 Å². The van der Waals surface area contributed by atoms with E-state index in [1.807, 2.05) is 12.1 Å². The van der Waals surface area contributed by atoms with Gasteiger partial charge >= 0.3 is 6.03 Å². The van der Waals surface area contributed by atoms with Crippen LogP contribution in [-0.4, -0.2) is 18.7 Å². The van der Waals surface area contributed by atoms with Crippen molar-refractivity contribution < 1.29 is 19.1 Å². The minimum absolute atomic E-state index is 0.132. The molecule has 0 atom stereocenters. The van der Waals surface area contributed by atoms with Crippen molar-refractivity contribution in [2.24, 2.45) is 0 Å². The molecule has 0 aromatic heterocycles. The molecule has 2 aromatic rings. The highest BCUT2D eigenvalue weighted by atomic mass is 127. The molecule has 22 heavy (non-hydrogen) atoms. The van der Waals surface area contributed by atoms with Crippen molar-refractivity contribution in [1.29, 1.82) is 0 Å². The Labute approximate surface area is 139 Å². The predicted octanol–water partition coefficient (Wildman–Crippen LogP) is 2.98. The zero-order valence-corrected chi connectivity index (χ0v) is 13.4. The van der Waals surface area contributed by atoms with E-state index in [0.717, 1.165) is 3.57 Å². The second kappa shape index (κ2) is 6.22. The molecular weight excluding hydrogens is 399 g/mol. The zero-order valence-electron chi connectivity index (χ0n) is 11.3. The molecule has 1 aliphatic heterocycles. The Kier molecular flexibility index (Phi) is 4.14. The number of hydrogen-bond acceptors (Lipinski definition) is 4. The summed E-state index contributed by atoms with van der Waals surface area (Å²) in [5.74, 6) is 0.562. The van der Waals surface area contributed by atoms with Gasteiger partial charge < -0.3 is 14.8 Å². The van der Waals surface area contributed by atoms with E-state index in [4.69, 9.17) is 9.47 Å². The molecule has 2 N–H and O–H groups in total. The van der Waals surface area contributed by atoms with Gasteiger partial charge in [-0.05, 0) is 59.0 Å². The molecule has 2 aromatic carbocycles. The zero-order chi connectivity index (χ0) is 15.5. The van der Waals surface area contributed by atoms with Crippen LogP contribution in [0.5, 0.6) is 11.5 Å². The average Bonchev–Trinajstić information content (AvgIpc) is 2.94. The molecule has 3 amide bonds. The summed E-state index contributed by atoms with van der Waals surface area (Å²) in [5.41, 5.74) is 0.935. The van der Waals surface area contributed by atoms with E-state index in [2.05, 4.69) is 33.2 Å². The Balaban J connectivity index is 1.65. The third-order valence-corrected chi connectivity index (χ3v) is 3.62. The number of rotatable bonds is 2. The van der Waals surface area contributed by atoms with Gasteiger partial charge in [-0.15, -0.1) is 0 Å².